The fraction of sp³-hybridized carbons (Fsp3) is 0.0556. The van der Waals surface area contributed by atoms with Crippen LogP contribution >= 0.6 is 0 Å². The van der Waals surface area contributed by atoms with Crippen LogP contribution in [0.4, 0.5) is 22.7 Å². The second-order valence-corrected chi connectivity index (χ2v) is 9.37. The molecule has 0 atom stereocenters. The van der Waals surface area contributed by atoms with Crippen LogP contribution in [0.1, 0.15) is 6.92 Å². The summed E-state index contributed by atoms with van der Waals surface area (Å²) in [4.78, 5) is 10.1. The van der Waals surface area contributed by atoms with E-state index in [2.05, 4.69) is 15.5 Å². The van der Waals surface area contributed by atoms with Crippen molar-refractivity contribution in [2.45, 2.75) is 16.7 Å². The molecule has 6 N–H and O–H groups in total. The number of rotatable bonds is 5. The molecule has 0 spiro atoms. The molecule has 0 aliphatic carbocycles. The summed E-state index contributed by atoms with van der Waals surface area (Å²) in [6.07, 6.45) is 0. The topological polar surface area (TPSA) is 209 Å². The highest BCUT2D eigenvalue weighted by Crippen LogP contribution is 2.41. The number of nitrogens with zero attached hydrogens (tertiary/aromatic N) is 2. The van der Waals surface area contributed by atoms with Gasteiger partial charge < -0.3 is 16.2 Å². The molecule has 12 nitrogen and oxygen atoms in total. The Morgan fingerprint density at radius 3 is 2.25 bits per heavy atom. The number of fused-ring (bicyclic) bond motifs is 1. The number of nitrogens with one attached hydrogen (secondary N) is 1. The second kappa shape index (κ2) is 8.16. The Morgan fingerprint density at radius 2 is 1.66 bits per heavy atom. The van der Waals surface area contributed by atoms with Gasteiger partial charge in [-0.3, -0.25) is 13.9 Å². The molecule has 168 valence electrons. The first kappa shape index (κ1) is 23.1. The van der Waals surface area contributed by atoms with Crippen LogP contribution in [-0.4, -0.2) is 37.0 Å². The molecule has 32 heavy (non-hydrogen) atoms. The van der Waals surface area contributed by atoms with Crippen LogP contribution in [0, 0.1) is 0 Å². The quantitative estimate of drug-likeness (QED) is 0.206. The van der Waals surface area contributed by atoms with Crippen LogP contribution in [0.2, 0.25) is 0 Å². The number of phenols is 1. The van der Waals surface area contributed by atoms with Crippen molar-refractivity contribution in [3.8, 4) is 5.75 Å². The van der Waals surface area contributed by atoms with E-state index in [0.717, 1.165) is 24.3 Å². The summed E-state index contributed by atoms with van der Waals surface area (Å²) in [6.45, 7) is 1.23. The highest BCUT2D eigenvalue weighted by atomic mass is 32.2. The molecular formula is C18H16N4O8S2. The standard InChI is InChI=1S/C18H16N4O8S2/c1-9(23)20-11-3-5-16(32(28,29)30)14(7-11)21-22-18-13(19)4-2-10-6-12(31(25,26)27)8-15(24)17(10)18/h2-8,24H,19H2,1H3,(H,20,23)(H,25,26,27)(H,28,29,30). The number of aromatic hydroxyl groups is 1. The van der Waals surface area contributed by atoms with Gasteiger partial charge in [0.25, 0.3) is 20.2 Å². The first-order chi connectivity index (χ1) is 14.8. The molecule has 3 aromatic carbocycles. The van der Waals surface area contributed by atoms with Crippen molar-refractivity contribution in [2.75, 3.05) is 11.1 Å². The Morgan fingerprint density at radius 1 is 0.969 bits per heavy atom. The number of carbonyl (C=O) groups excluding carboxylic acids is 1. The van der Waals surface area contributed by atoms with Gasteiger partial charge in [-0.25, -0.2) is 0 Å². The molecule has 0 saturated carbocycles. The number of nitrogens with two attached hydrogens (primary N) is 1. The normalized spacial score (nSPS) is 12.3. The molecule has 0 aromatic heterocycles. The molecule has 0 bridgehead atoms. The minimum absolute atomic E-state index is 0.00239. The smallest absolute Gasteiger partial charge is 0.296 e. The zero-order chi connectivity index (χ0) is 23.8. The van der Waals surface area contributed by atoms with Crippen molar-refractivity contribution in [1.29, 1.82) is 0 Å². The average molecular weight is 480 g/mol. The van der Waals surface area contributed by atoms with E-state index in [0.29, 0.717) is 0 Å². The molecule has 0 saturated heterocycles. The molecular weight excluding hydrogens is 464 g/mol. The van der Waals surface area contributed by atoms with Crippen molar-refractivity contribution in [3.63, 3.8) is 0 Å². The second-order valence-electron chi connectivity index (χ2n) is 6.56. The van der Waals surface area contributed by atoms with Crippen LogP contribution < -0.4 is 11.1 Å². The number of azo groups is 1. The Bertz CT molecular complexity index is 1500. The van der Waals surface area contributed by atoms with Crippen molar-refractivity contribution in [3.05, 3.63) is 42.5 Å². The summed E-state index contributed by atoms with van der Waals surface area (Å²) in [5, 5.41) is 20.6. The van der Waals surface area contributed by atoms with Gasteiger partial charge in [0.05, 0.1) is 16.0 Å². The zero-order valence-electron chi connectivity index (χ0n) is 16.2. The number of phenolic OH excluding ortho intramolecular Hbond substituents is 1. The number of carbonyl (C=O) groups is 1. The van der Waals surface area contributed by atoms with Crippen molar-refractivity contribution in [2.24, 2.45) is 10.2 Å². The molecule has 0 fully saturated rings. The van der Waals surface area contributed by atoms with Crippen molar-refractivity contribution < 1.29 is 35.8 Å². The van der Waals surface area contributed by atoms with Crippen LogP contribution in [0.5, 0.6) is 5.75 Å². The van der Waals surface area contributed by atoms with Crippen LogP contribution in [0.25, 0.3) is 10.8 Å². The molecule has 3 rings (SSSR count). The number of amides is 1. The molecule has 0 aliphatic heterocycles. The fourth-order valence-corrected chi connectivity index (χ4v) is 4.01. The lowest BCUT2D eigenvalue weighted by Gasteiger charge is -2.09. The van der Waals surface area contributed by atoms with Gasteiger partial charge in [-0.1, -0.05) is 6.07 Å². The largest absolute Gasteiger partial charge is 0.507 e. The number of nitrogen functional groups attached to an aromatic ring is 1. The first-order valence-corrected chi connectivity index (χ1v) is 11.5. The lowest BCUT2D eigenvalue weighted by atomic mass is 10.1. The molecule has 0 unspecified atom stereocenters. The van der Waals surface area contributed by atoms with Crippen molar-refractivity contribution in [1.82, 2.24) is 0 Å². The van der Waals surface area contributed by atoms with Gasteiger partial charge >= 0.3 is 0 Å². The van der Waals surface area contributed by atoms with Gasteiger partial charge in [0.1, 0.15) is 22.0 Å². The van der Waals surface area contributed by atoms with Crippen LogP contribution in [0.3, 0.4) is 0 Å². The van der Waals surface area contributed by atoms with E-state index in [1.807, 2.05) is 0 Å². The van der Waals surface area contributed by atoms with E-state index in [1.165, 1.54) is 25.1 Å². The van der Waals surface area contributed by atoms with Crippen LogP contribution in [0.15, 0.2) is 62.5 Å². The summed E-state index contributed by atoms with van der Waals surface area (Å²) in [5.41, 5.74) is 5.61. The predicted molar refractivity (Wildman–Crippen MR) is 115 cm³/mol. The predicted octanol–water partition coefficient (Wildman–Crippen LogP) is 2.99. The third kappa shape index (κ3) is 4.83. The molecule has 0 radical (unpaired) electrons. The molecule has 14 heteroatoms. The van der Waals surface area contributed by atoms with Crippen LogP contribution in [-0.2, 0) is 25.0 Å². The highest BCUT2D eigenvalue weighted by Gasteiger charge is 2.19. The number of hydrogen-bond donors (Lipinski definition) is 5. The lowest BCUT2D eigenvalue weighted by molar-refractivity contribution is -0.114. The van der Waals surface area contributed by atoms with E-state index in [4.69, 9.17) is 5.73 Å². The fourth-order valence-electron chi connectivity index (χ4n) is 2.87. The Labute approximate surface area is 181 Å². The summed E-state index contributed by atoms with van der Waals surface area (Å²) < 4.78 is 64.8. The van der Waals surface area contributed by atoms with E-state index in [-0.39, 0.29) is 33.5 Å². The average Bonchev–Trinajstić information content (AvgIpc) is 2.65. The molecule has 3 aromatic rings. The van der Waals surface area contributed by atoms with E-state index in [9.17, 15) is 35.8 Å². The minimum atomic E-state index is -4.71. The number of benzene rings is 3. The first-order valence-electron chi connectivity index (χ1n) is 8.61. The molecule has 0 heterocycles. The van der Waals surface area contributed by atoms with Crippen molar-refractivity contribution >= 4 is 59.7 Å². The maximum Gasteiger partial charge on any atom is 0.296 e. The van der Waals surface area contributed by atoms with Gasteiger partial charge in [0, 0.05) is 18.7 Å². The van der Waals surface area contributed by atoms with Gasteiger partial charge in [-0.2, -0.15) is 16.8 Å². The zero-order valence-corrected chi connectivity index (χ0v) is 17.8. The van der Waals surface area contributed by atoms with E-state index < -0.39 is 41.7 Å². The summed E-state index contributed by atoms with van der Waals surface area (Å²) >= 11 is 0. The summed E-state index contributed by atoms with van der Waals surface area (Å²) in [6, 6.07) is 7.96. The highest BCUT2D eigenvalue weighted by molar-refractivity contribution is 7.86. The molecule has 1 amide bonds. The monoisotopic (exact) mass is 480 g/mol. The number of anilines is 2. The maximum absolute atomic E-state index is 11.7. The van der Waals surface area contributed by atoms with E-state index >= 15 is 0 Å². The maximum atomic E-state index is 11.7. The van der Waals surface area contributed by atoms with E-state index in [1.54, 1.807) is 0 Å². The summed E-state index contributed by atoms with van der Waals surface area (Å²) in [7, 11) is -9.31. The minimum Gasteiger partial charge on any atom is -0.507 e. The Kier molecular flexibility index (Phi) is 5.88. The third-order valence-electron chi connectivity index (χ3n) is 4.19. The van der Waals surface area contributed by atoms with Gasteiger partial charge in [0.15, 0.2) is 0 Å². The summed E-state index contributed by atoms with van der Waals surface area (Å²) in [5.74, 6) is -1.02. The third-order valence-corrected chi connectivity index (χ3v) is 5.92. The molecule has 0 aliphatic rings. The van der Waals surface area contributed by atoms with Gasteiger partial charge in [0.2, 0.25) is 5.91 Å². The lowest BCUT2D eigenvalue weighted by Crippen LogP contribution is -2.06. The number of hydrogen-bond acceptors (Lipinski definition) is 9. The SMILES string of the molecule is CC(=O)Nc1ccc(S(=O)(=O)O)c(N=Nc2c(N)ccc3cc(S(=O)(=O)O)cc(O)c23)c1. The van der Waals surface area contributed by atoms with Gasteiger partial charge in [-0.15, -0.1) is 10.2 Å². The van der Waals surface area contributed by atoms with Gasteiger partial charge in [-0.05, 0) is 35.7 Å². The Hall–Kier alpha value is -3.59. The Balaban J connectivity index is 2.22.